The van der Waals surface area contributed by atoms with Gasteiger partial charge in [-0.25, -0.2) is 14.6 Å². The van der Waals surface area contributed by atoms with E-state index in [2.05, 4.69) is 25.8 Å². The van der Waals surface area contributed by atoms with E-state index in [4.69, 9.17) is 32.7 Å². The normalized spacial score (nSPS) is 23.4. The van der Waals surface area contributed by atoms with Gasteiger partial charge in [-0.2, -0.15) is 0 Å². The van der Waals surface area contributed by atoms with Gasteiger partial charge in [0.1, 0.15) is 11.3 Å². The molecule has 0 aliphatic heterocycles. The zero-order chi connectivity index (χ0) is 18.6. The van der Waals surface area contributed by atoms with E-state index in [-0.39, 0.29) is 21.8 Å². The molecule has 0 unspecified atom stereocenters. The van der Waals surface area contributed by atoms with Crippen LogP contribution >= 0.6 is 23.2 Å². The minimum atomic E-state index is -0.694. The van der Waals surface area contributed by atoms with Crippen LogP contribution in [-0.2, 0) is 14.3 Å². The molecule has 0 radical (unpaired) electrons. The standard InChI is InChI=1S/C18H23Cl2NO4/c1-10(2)13-5-4-11(3)6-15(13)25-16(22)9-24-18(23)12-7-14(19)17(20)21-8-12/h7-8,10-11,13,15H,4-6,9H2,1-3H3/t11-,13-,15-/m1/s1. The molecule has 0 aromatic carbocycles. The first-order valence-corrected chi connectivity index (χ1v) is 9.21. The van der Waals surface area contributed by atoms with E-state index >= 15 is 0 Å². The maximum atomic E-state index is 12.1. The molecule has 1 aromatic rings. The Bertz CT molecular complexity index is 636. The van der Waals surface area contributed by atoms with Crippen LogP contribution in [0.3, 0.4) is 0 Å². The molecule has 0 saturated heterocycles. The van der Waals surface area contributed by atoms with Gasteiger partial charge in [0.2, 0.25) is 0 Å². The van der Waals surface area contributed by atoms with E-state index in [0.717, 1.165) is 19.3 Å². The minimum absolute atomic E-state index is 0.101. The second-order valence-corrected chi connectivity index (χ2v) is 7.69. The Labute approximate surface area is 158 Å². The van der Waals surface area contributed by atoms with E-state index in [1.807, 2.05) is 0 Å². The molecule has 3 atom stereocenters. The molecule has 25 heavy (non-hydrogen) atoms. The number of hydrogen-bond acceptors (Lipinski definition) is 5. The highest BCUT2D eigenvalue weighted by atomic mass is 35.5. The summed E-state index contributed by atoms with van der Waals surface area (Å²) in [6.07, 6.45) is 4.17. The number of carbonyl (C=O) groups is 2. The van der Waals surface area contributed by atoms with Crippen LogP contribution in [0.2, 0.25) is 10.2 Å². The number of nitrogens with zero attached hydrogens (tertiary/aromatic N) is 1. The highest BCUT2D eigenvalue weighted by molar-refractivity contribution is 6.41. The molecule has 138 valence electrons. The first kappa shape index (κ1) is 20.0. The van der Waals surface area contributed by atoms with Crippen molar-refractivity contribution in [2.75, 3.05) is 6.61 Å². The minimum Gasteiger partial charge on any atom is -0.460 e. The van der Waals surface area contributed by atoms with E-state index < -0.39 is 18.5 Å². The van der Waals surface area contributed by atoms with Gasteiger partial charge < -0.3 is 9.47 Å². The average Bonchev–Trinajstić information content (AvgIpc) is 2.55. The van der Waals surface area contributed by atoms with Crippen molar-refractivity contribution in [3.63, 3.8) is 0 Å². The third-order valence-electron chi connectivity index (χ3n) is 4.60. The van der Waals surface area contributed by atoms with Crippen molar-refractivity contribution in [2.45, 2.75) is 46.1 Å². The number of ether oxygens (including phenoxy) is 2. The molecule has 1 aliphatic carbocycles. The molecule has 2 rings (SSSR count). The van der Waals surface area contributed by atoms with E-state index in [9.17, 15) is 9.59 Å². The Hall–Kier alpha value is -1.33. The predicted octanol–water partition coefficient (Wildman–Crippen LogP) is 4.55. The zero-order valence-corrected chi connectivity index (χ0v) is 16.1. The number of halogens is 2. The largest absolute Gasteiger partial charge is 0.460 e. The fourth-order valence-electron chi connectivity index (χ4n) is 3.19. The predicted molar refractivity (Wildman–Crippen MR) is 95.8 cm³/mol. The van der Waals surface area contributed by atoms with Crippen molar-refractivity contribution >= 4 is 35.1 Å². The van der Waals surface area contributed by atoms with Gasteiger partial charge in [-0.1, -0.05) is 50.4 Å². The van der Waals surface area contributed by atoms with Gasteiger partial charge in [0.15, 0.2) is 6.61 Å². The molecule has 1 aromatic heterocycles. The van der Waals surface area contributed by atoms with Crippen molar-refractivity contribution in [2.24, 2.45) is 17.8 Å². The molecule has 1 heterocycles. The van der Waals surface area contributed by atoms with Gasteiger partial charge in [0.05, 0.1) is 10.6 Å². The summed E-state index contributed by atoms with van der Waals surface area (Å²) < 4.78 is 10.6. The molecule has 0 bridgehead atoms. The Morgan fingerprint density at radius 3 is 2.68 bits per heavy atom. The van der Waals surface area contributed by atoms with Gasteiger partial charge in [-0.3, -0.25) is 0 Å². The number of hydrogen-bond donors (Lipinski definition) is 0. The molecular formula is C18H23Cl2NO4. The van der Waals surface area contributed by atoms with Crippen LogP contribution in [-0.4, -0.2) is 29.6 Å². The van der Waals surface area contributed by atoms with Crippen molar-refractivity contribution in [1.82, 2.24) is 4.98 Å². The van der Waals surface area contributed by atoms with E-state index in [1.54, 1.807) is 0 Å². The average molecular weight is 388 g/mol. The molecule has 0 amide bonds. The molecular weight excluding hydrogens is 365 g/mol. The maximum Gasteiger partial charge on any atom is 0.344 e. The molecule has 0 spiro atoms. The summed E-state index contributed by atoms with van der Waals surface area (Å²) >= 11 is 11.5. The highest BCUT2D eigenvalue weighted by Crippen LogP contribution is 2.35. The van der Waals surface area contributed by atoms with E-state index in [0.29, 0.717) is 17.8 Å². The second kappa shape index (κ2) is 8.86. The van der Waals surface area contributed by atoms with Crippen molar-refractivity contribution in [3.05, 3.63) is 28.0 Å². The Kier molecular flexibility index (Phi) is 7.08. The van der Waals surface area contributed by atoms with Gasteiger partial charge >= 0.3 is 11.9 Å². The van der Waals surface area contributed by atoms with Crippen LogP contribution in [0.25, 0.3) is 0 Å². The smallest absolute Gasteiger partial charge is 0.344 e. The van der Waals surface area contributed by atoms with Crippen LogP contribution in [0.1, 0.15) is 50.4 Å². The second-order valence-electron chi connectivity index (χ2n) is 6.93. The van der Waals surface area contributed by atoms with Gasteiger partial charge in [0, 0.05) is 6.20 Å². The van der Waals surface area contributed by atoms with E-state index in [1.165, 1.54) is 12.3 Å². The SMILES string of the molecule is CC(C)[C@H]1CC[C@@H](C)C[C@H]1OC(=O)COC(=O)c1cnc(Cl)c(Cl)c1. The first-order valence-electron chi connectivity index (χ1n) is 8.45. The van der Waals surface area contributed by atoms with Crippen LogP contribution in [0.5, 0.6) is 0 Å². The summed E-state index contributed by atoms with van der Waals surface area (Å²) in [5, 5.41) is 0.249. The number of rotatable bonds is 5. The lowest BCUT2D eigenvalue weighted by molar-refractivity contribution is -0.159. The summed E-state index contributed by atoms with van der Waals surface area (Å²) in [6.45, 7) is 6.00. The number of aromatic nitrogens is 1. The molecule has 1 saturated carbocycles. The molecule has 5 nitrogen and oxygen atoms in total. The third-order valence-corrected chi connectivity index (χ3v) is 5.28. The van der Waals surface area contributed by atoms with Crippen LogP contribution in [0.4, 0.5) is 0 Å². The fourth-order valence-corrected chi connectivity index (χ4v) is 3.46. The van der Waals surface area contributed by atoms with Crippen LogP contribution in [0.15, 0.2) is 12.3 Å². The van der Waals surface area contributed by atoms with Crippen molar-refractivity contribution < 1.29 is 19.1 Å². The summed E-state index contributed by atoms with van der Waals surface area (Å²) in [7, 11) is 0. The summed E-state index contributed by atoms with van der Waals surface area (Å²) in [5.41, 5.74) is 0.133. The molecule has 1 fully saturated rings. The Morgan fingerprint density at radius 2 is 2.04 bits per heavy atom. The molecule has 7 heteroatoms. The first-order chi connectivity index (χ1) is 11.8. The zero-order valence-electron chi connectivity index (χ0n) is 14.6. The quantitative estimate of drug-likeness (QED) is 0.547. The number of esters is 2. The lowest BCUT2D eigenvalue weighted by atomic mass is 9.75. The maximum absolute atomic E-state index is 12.1. The third kappa shape index (κ3) is 5.58. The lowest BCUT2D eigenvalue weighted by Crippen LogP contribution is -2.36. The molecule has 1 aliphatic rings. The fraction of sp³-hybridized carbons (Fsp3) is 0.611. The van der Waals surface area contributed by atoms with Crippen LogP contribution in [0, 0.1) is 17.8 Å². The van der Waals surface area contributed by atoms with Crippen molar-refractivity contribution in [3.8, 4) is 0 Å². The lowest BCUT2D eigenvalue weighted by Gasteiger charge is -2.36. The summed E-state index contributed by atoms with van der Waals surface area (Å²) in [5.74, 6) is 0.0782. The number of carbonyl (C=O) groups excluding carboxylic acids is 2. The Balaban J connectivity index is 1.88. The monoisotopic (exact) mass is 387 g/mol. The summed E-state index contributed by atoms with van der Waals surface area (Å²) in [6, 6.07) is 1.35. The van der Waals surface area contributed by atoms with Crippen LogP contribution < -0.4 is 0 Å². The summed E-state index contributed by atoms with van der Waals surface area (Å²) in [4.78, 5) is 27.8. The van der Waals surface area contributed by atoms with Gasteiger partial charge in [0.25, 0.3) is 0 Å². The van der Waals surface area contributed by atoms with Gasteiger partial charge in [-0.15, -0.1) is 0 Å². The van der Waals surface area contributed by atoms with Gasteiger partial charge in [-0.05, 0) is 36.7 Å². The number of pyridine rings is 1. The molecule has 0 N–H and O–H groups in total. The Morgan fingerprint density at radius 1 is 1.32 bits per heavy atom. The highest BCUT2D eigenvalue weighted by Gasteiger charge is 2.33. The topological polar surface area (TPSA) is 65.5 Å². The van der Waals surface area contributed by atoms with Crippen molar-refractivity contribution in [1.29, 1.82) is 0 Å².